The summed E-state index contributed by atoms with van der Waals surface area (Å²) in [4.78, 5) is 14.7. The Morgan fingerprint density at radius 1 is 1.40 bits per heavy atom. The molecule has 0 saturated carbocycles. The lowest BCUT2D eigenvalue weighted by molar-refractivity contribution is -0.131. The number of rotatable bonds is 4. The van der Waals surface area contributed by atoms with Gasteiger partial charge in [-0.3, -0.25) is 9.69 Å². The number of nitrogens with zero attached hydrogens (tertiary/aromatic N) is 1. The highest BCUT2D eigenvalue weighted by molar-refractivity contribution is 5.81. The number of likely N-dealkylation sites (tertiary alicyclic amines) is 1. The van der Waals surface area contributed by atoms with Gasteiger partial charge in [0.1, 0.15) is 0 Å². The molecule has 20 heavy (non-hydrogen) atoms. The van der Waals surface area contributed by atoms with Gasteiger partial charge in [-0.25, -0.2) is 0 Å². The summed E-state index contributed by atoms with van der Waals surface area (Å²) in [5.74, 6) is 0.0679. The molecule has 1 atom stereocenters. The molecule has 0 aromatic carbocycles. The highest BCUT2D eigenvalue weighted by atomic mass is 16.5. The standard InChI is InChI=1S/C15H28N2O3/c1-12(2)17-8-4-3-5-13(17)14(18)16-11-15(19)6-9-20-10-7-15/h12-13,19H,3-11H2,1-2H3,(H,16,18). The van der Waals surface area contributed by atoms with E-state index in [0.29, 0.717) is 38.6 Å². The molecule has 2 N–H and O–H groups in total. The first kappa shape index (κ1) is 15.7. The smallest absolute Gasteiger partial charge is 0.237 e. The zero-order valence-electron chi connectivity index (χ0n) is 12.7. The van der Waals surface area contributed by atoms with Crippen molar-refractivity contribution < 1.29 is 14.6 Å². The molecule has 0 bridgehead atoms. The zero-order chi connectivity index (χ0) is 14.6. The molecule has 2 heterocycles. The summed E-state index contributed by atoms with van der Waals surface area (Å²) >= 11 is 0. The largest absolute Gasteiger partial charge is 0.388 e. The molecule has 5 nitrogen and oxygen atoms in total. The number of carbonyl (C=O) groups is 1. The van der Waals surface area contributed by atoms with Crippen molar-refractivity contribution in [1.29, 1.82) is 0 Å². The van der Waals surface area contributed by atoms with E-state index >= 15 is 0 Å². The van der Waals surface area contributed by atoms with Gasteiger partial charge < -0.3 is 15.2 Å². The third kappa shape index (κ3) is 3.93. The van der Waals surface area contributed by atoms with E-state index in [0.717, 1.165) is 19.4 Å². The van der Waals surface area contributed by atoms with Crippen molar-refractivity contribution in [2.24, 2.45) is 0 Å². The van der Waals surface area contributed by atoms with Gasteiger partial charge in [0.2, 0.25) is 5.91 Å². The number of aliphatic hydroxyl groups is 1. The van der Waals surface area contributed by atoms with E-state index in [9.17, 15) is 9.90 Å². The predicted octanol–water partition coefficient (Wildman–Crippen LogP) is 0.907. The Morgan fingerprint density at radius 3 is 2.75 bits per heavy atom. The minimum atomic E-state index is -0.786. The van der Waals surface area contributed by atoms with Crippen molar-refractivity contribution in [1.82, 2.24) is 10.2 Å². The van der Waals surface area contributed by atoms with Crippen molar-refractivity contribution in [3.63, 3.8) is 0 Å². The van der Waals surface area contributed by atoms with Gasteiger partial charge in [-0.15, -0.1) is 0 Å². The van der Waals surface area contributed by atoms with Crippen LogP contribution in [0.5, 0.6) is 0 Å². The van der Waals surface area contributed by atoms with Crippen LogP contribution in [0.15, 0.2) is 0 Å². The molecule has 116 valence electrons. The molecule has 1 amide bonds. The molecule has 0 aliphatic carbocycles. The first-order chi connectivity index (χ1) is 9.52. The number of hydrogen-bond donors (Lipinski definition) is 2. The lowest BCUT2D eigenvalue weighted by Crippen LogP contribution is -2.55. The Bertz CT molecular complexity index is 327. The van der Waals surface area contributed by atoms with Crippen LogP contribution >= 0.6 is 0 Å². The van der Waals surface area contributed by atoms with Crippen molar-refractivity contribution in [2.45, 2.75) is 63.6 Å². The zero-order valence-corrected chi connectivity index (χ0v) is 12.7. The summed E-state index contributed by atoms with van der Waals surface area (Å²) in [6.45, 7) is 6.77. The van der Waals surface area contributed by atoms with Crippen molar-refractivity contribution in [2.75, 3.05) is 26.3 Å². The number of amides is 1. The van der Waals surface area contributed by atoms with E-state index in [1.807, 2.05) is 0 Å². The molecule has 1 unspecified atom stereocenters. The van der Waals surface area contributed by atoms with Crippen molar-refractivity contribution >= 4 is 5.91 Å². The van der Waals surface area contributed by atoms with Crippen LogP contribution in [0.1, 0.15) is 46.0 Å². The summed E-state index contributed by atoms with van der Waals surface area (Å²) in [6, 6.07) is 0.351. The van der Waals surface area contributed by atoms with Gasteiger partial charge in [-0.1, -0.05) is 6.42 Å². The maximum atomic E-state index is 12.4. The third-order valence-corrected chi connectivity index (χ3v) is 4.53. The van der Waals surface area contributed by atoms with E-state index < -0.39 is 5.60 Å². The lowest BCUT2D eigenvalue weighted by atomic mass is 9.94. The minimum absolute atomic E-state index is 0.0350. The molecule has 2 aliphatic rings. The fourth-order valence-electron chi connectivity index (χ4n) is 3.15. The van der Waals surface area contributed by atoms with Gasteiger partial charge in [0.15, 0.2) is 0 Å². The Balaban J connectivity index is 1.86. The van der Waals surface area contributed by atoms with Gasteiger partial charge in [-0.05, 0) is 33.2 Å². The fraction of sp³-hybridized carbons (Fsp3) is 0.933. The Morgan fingerprint density at radius 2 is 2.10 bits per heavy atom. The Labute approximate surface area is 121 Å². The van der Waals surface area contributed by atoms with Gasteiger partial charge in [0.25, 0.3) is 0 Å². The van der Waals surface area contributed by atoms with Crippen molar-refractivity contribution in [3.8, 4) is 0 Å². The van der Waals surface area contributed by atoms with Crippen LogP contribution in [0.3, 0.4) is 0 Å². The quantitative estimate of drug-likeness (QED) is 0.805. The summed E-state index contributed by atoms with van der Waals surface area (Å²) in [6.07, 6.45) is 4.41. The van der Waals surface area contributed by atoms with Crippen molar-refractivity contribution in [3.05, 3.63) is 0 Å². The van der Waals surface area contributed by atoms with E-state index in [2.05, 4.69) is 24.1 Å². The third-order valence-electron chi connectivity index (χ3n) is 4.53. The number of piperidine rings is 1. The van der Waals surface area contributed by atoms with Crippen LogP contribution in [0.4, 0.5) is 0 Å². The predicted molar refractivity (Wildman–Crippen MR) is 77.5 cm³/mol. The molecule has 0 spiro atoms. The van der Waals surface area contributed by atoms with E-state index in [1.54, 1.807) is 0 Å². The van der Waals surface area contributed by atoms with Crippen LogP contribution in [-0.4, -0.2) is 59.9 Å². The van der Waals surface area contributed by atoms with Crippen LogP contribution in [0, 0.1) is 0 Å². The second-order valence-corrected chi connectivity index (χ2v) is 6.40. The Kier molecular flexibility index (Phi) is 5.41. The maximum absolute atomic E-state index is 12.4. The highest BCUT2D eigenvalue weighted by Gasteiger charge is 2.34. The normalized spacial score (nSPS) is 27.5. The first-order valence-electron chi connectivity index (χ1n) is 7.85. The van der Waals surface area contributed by atoms with Gasteiger partial charge in [0.05, 0.1) is 11.6 Å². The number of carbonyl (C=O) groups excluding carboxylic acids is 1. The number of nitrogens with one attached hydrogen (secondary N) is 1. The fourth-order valence-corrected chi connectivity index (χ4v) is 3.15. The average Bonchev–Trinajstić information content (AvgIpc) is 2.45. The summed E-state index contributed by atoms with van der Waals surface area (Å²) in [5, 5.41) is 13.3. The summed E-state index contributed by atoms with van der Waals surface area (Å²) in [5.41, 5.74) is -0.786. The van der Waals surface area contributed by atoms with Crippen LogP contribution in [-0.2, 0) is 9.53 Å². The molecule has 2 saturated heterocycles. The minimum Gasteiger partial charge on any atom is -0.388 e. The summed E-state index contributed by atoms with van der Waals surface area (Å²) in [7, 11) is 0. The molecule has 5 heteroatoms. The SMILES string of the molecule is CC(C)N1CCCCC1C(=O)NCC1(O)CCOCC1. The van der Waals surface area contributed by atoms with Crippen LogP contribution < -0.4 is 5.32 Å². The number of hydrogen-bond acceptors (Lipinski definition) is 4. The molecule has 0 aromatic heterocycles. The molecular weight excluding hydrogens is 256 g/mol. The van der Waals surface area contributed by atoms with Crippen LogP contribution in [0.2, 0.25) is 0 Å². The first-order valence-corrected chi connectivity index (χ1v) is 7.85. The van der Waals surface area contributed by atoms with Gasteiger partial charge in [0, 0.05) is 38.6 Å². The lowest BCUT2D eigenvalue weighted by Gasteiger charge is -2.38. The molecular formula is C15H28N2O3. The topological polar surface area (TPSA) is 61.8 Å². The second-order valence-electron chi connectivity index (χ2n) is 6.40. The average molecular weight is 284 g/mol. The molecule has 2 rings (SSSR count). The maximum Gasteiger partial charge on any atom is 0.237 e. The number of ether oxygens (including phenoxy) is 1. The Hall–Kier alpha value is -0.650. The van der Waals surface area contributed by atoms with E-state index in [4.69, 9.17) is 4.74 Å². The molecule has 2 aliphatic heterocycles. The second kappa shape index (κ2) is 6.87. The highest BCUT2D eigenvalue weighted by Crippen LogP contribution is 2.22. The van der Waals surface area contributed by atoms with Gasteiger partial charge in [-0.2, -0.15) is 0 Å². The molecule has 0 radical (unpaired) electrons. The van der Waals surface area contributed by atoms with E-state index in [1.165, 1.54) is 6.42 Å². The van der Waals surface area contributed by atoms with E-state index in [-0.39, 0.29) is 11.9 Å². The van der Waals surface area contributed by atoms with Crippen LogP contribution in [0.25, 0.3) is 0 Å². The molecule has 2 fully saturated rings. The monoisotopic (exact) mass is 284 g/mol. The van der Waals surface area contributed by atoms with Gasteiger partial charge >= 0.3 is 0 Å². The summed E-state index contributed by atoms with van der Waals surface area (Å²) < 4.78 is 5.26. The molecule has 0 aromatic rings.